The second-order valence-corrected chi connectivity index (χ2v) is 5.29. The highest BCUT2D eigenvalue weighted by molar-refractivity contribution is 6.31. The van der Waals surface area contributed by atoms with E-state index in [-0.39, 0.29) is 0 Å². The molecule has 1 nitrogen and oxygen atoms in total. The standard InChI is InChI=1S/C14H20ClN/c1-10-6-7-11(13(15)8-10)9-12-4-3-5-14(12)16-2/h6-8,12,14,16H,3-5,9H2,1-2H3. The number of rotatable bonds is 3. The Balaban J connectivity index is 2.08. The molecule has 1 aromatic rings. The van der Waals surface area contributed by atoms with Gasteiger partial charge in [-0.05, 0) is 56.3 Å². The summed E-state index contributed by atoms with van der Waals surface area (Å²) in [5, 5.41) is 4.35. The molecule has 1 aliphatic carbocycles. The highest BCUT2D eigenvalue weighted by Crippen LogP contribution is 2.30. The smallest absolute Gasteiger partial charge is 0.0440 e. The molecule has 0 radical (unpaired) electrons. The van der Waals surface area contributed by atoms with Crippen molar-refractivity contribution in [3.8, 4) is 0 Å². The van der Waals surface area contributed by atoms with Gasteiger partial charge in [-0.3, -0.25) is 0 Å². The van der Waals surface area contributed by atoms with Crippen LogP contribution in [-0.4, -0.2) is 13.1 Å². The van der Waals surface area contributed by atoms with Crippen LogP contribution in [0.2, 0.25) is 5.02 Å². The molecule has 2 rings (SSSR count). The van der Waals surface area contributed by atoms with Crippen LogP contribution in [0.3, 0.4) is 0 Å². The van der Waals surface area contributed by atoms with Crippen LogP contribution in [0.15, 0.2) is 18.2 Å². The van der Waals surface area contributed by atoms with Crippen molar-refractivity contribution in [2.45, 2.75) is 38.6 Å². The van der Waals surface area contributed by atoms with Gasteiger partial charge < -0.3 is 5.32 Å². The average molecular weight is 238 g/mol. The molecule has 16 heavy (non-hydrogen) atoms. The fraction of sp³-hybridized carbons (Fsp3) is 0.571. The van der Waals surface area contributed by atoms with E-state index in [9.17, 15) is 0 Å². The van der Waals surface area contributed by atoms with Crippen LogP contribution in [0.5, 0.6) is 0 Å². The van der Waals surface area contributed by atoms with Gasteiger partial charge in [0.1, 0.15) is 0 Å². The number of benzene rings is 1. The molecular weight excluding hydrogens is 218 g/mol. The van der Waals surface area contributed by atoms with E-state index in [0.717, 1.165) is 17.4 Å². The number of hydrogen-bond acceptors (Lipinski definition) is 1. The first-order valence-electron chi connectivity index (χ1n) is 6.13. The Morgan fingerprint density at radius 2 is 2.19 bits per heavy atom. The summed E-state index contributed by atoms with van der Waals surface area (Å²) in [6, 6.07) is 7.09. The summed E-state index contributed by atoms with van der Waals surface area (Å²) >= 11 is 6.28. The fourth-order valence-corrected chi connectivity index (χ4v) is 3.07. The lowest BCUT2D eigenvalue weighted by atomic mass is 9.94. The van der Waals surface area contributed by atoms with Crippen molar-refractivity contribution in [2.75, 3.05) is 7.05 Å². The van der Waals surface area contributed by atoms with Crippen LogP contribution in [-0.2, 0) is 6.42 Å². The molecule has 1 fully saturated rings. The van der Waals surface area contributed by atoms with Crippen LogP contribution in [0.1, 0.15) is 30.4 Å². The molecule has 0 aromatic heterocycles. The highest BCUT2D eigenvalue weighted by Gasteiger charge is 2.26. The second kappa shape index (κ2) is 5.20. The lowest BCUT2D eigenvalue weighted by Crippen LogP contribution is -2.30. The lowest BCUT2D eigenvalue weighted by molar-refractivity contribution is 0.423. The molecule has 0 amide bonds. The SMILES string of the molecule is CNC1CCCC1Cc1ccc(C)cc1Cl. The zero-order chi connectivity index (χ0) is 11.5. The monoisotopic (exact) mass is 237 g/mol. The van der Waals surface area contributed by atoms with Gasteiger partial charge in [0.25, 0.3) is 0 Å². The van der Waals surface area contributed by atoms with E-state index in [1.165, 1.54) is 30.4 Å². The molecule has 2 heteroatoms. The third kappa shape index (κ3) is 2.58. The molecule has 88 valence electrons. The lowest BCUT2D eigenvalue weighted by Gasteiger charge is -2.19. The van der Waals surface area contributed by atoms with Gasteiger partial charge in [-0.2, -0.15) is 0 Å². The average Bonchev–Trinajstić information content (AvgIpc) is 2.69. The first-order valence-corrected chi connectivity index (χ1v) is 6.51. The van der Waals surface area contributed by atoms with Crippen molar-refractivity contribution in [1.82, 2.24) is 5.32 Å². The first kappa shape index (κ1) is 11.9. The van der Waals surface area contributed by atoms with Crippen molar-refractivity contribution in [3.05, 3.63) is 34.3 Å². The maximum Gasteiger partial charge on any atom is 0.0440 e. The van der Waals surface area contributed by atoms with Crippen molar-refractivity contribution < 1.29 is 0 Å². The van der Waals surface area contributed by atoms with Gasteiger partial charge in [0.15, 0.2) is 0 Å². The van der Waals surface area contributed by atoms with Crippen LogP contribution in [0.4, 0.5) is 0 Å². The van der Waals surface area contributed by atoms with Gasteiger partial charge in [0.05, 0.1) is 0 Å². The largest absolute Gasteiger partial charge is 0.317 e. The van der Waals surface area contributed by atoms with Gasteiger partial charge in [0, 0.05) is 11.1 Å². The zero-order valence-electron chi connectivity index (χ0n) is 10.1. The predicted molar refractivity (Wildman–Crippen MR) is 70.1 cm³/mol. The zero-order valence-corrected chi connectivity index (χ0v) is 10.8. The Hall–Kier alpha value is -0.530. The molecule has 2 atom stereocenters. The molecule has 0 heterocycles. The summed E-state index contributed by atoms with van der Waals surface area (Å²) in [4.78, 5) is 0. The van der Waals surface area contributed by atoms with E-state index >= 15 is 0 Å². The first-order chi connectivity index (χ1) is 7.70. The third-order valence-corrected chi connectivity index (χ3v) is 4.07. The van der Waals surface area contributed by atoms with Crippen LogP contribution in [0.25, 0.3) is 0 Å². The summed E-state index contributed by atoms with van der Waals surface area (Å²) in [6.07, 6.45) is 5.10. The quantitative estimate of drug-likeness (QED) is 0.848. The summed E-state index contributed by atoms with van der Waals surface area (Å²) in [5.74, 6) is 0.755. The van der Waals surface area contributed by atoms with Crippen molar-refractivity contribution in [2.24, 2.45) is 5.92 Å². The maximum absolute atomic E-state index is 6.28. The van der Waals surface area contributed by atoms with Crippen LogP contribution < -0.4 is 5.32 Å². The van der Waals surface area contributed by atoms with E-state index in [2.05, 4.69) is 37.5 Å². The Bertz CT molecular complexity index is 362. The molecular formula is C14H20ClN. The highest BCUT2D eigenvalue weighted by atomic mass is 35.5. The molecule has 2 unspecified atom stereocenters. The molecule has 0 bridgehead atoms. The van der Waals surface area contributed by atoms with Gasteiger partial charge in [-0.1, -0.05) is 30.2 Å². The van der Waals surface area contributed by atoms with Gasteiger partial charge in [-0.15, -0.1) is 0 Å². The minimum absolute atomic E-state index is 0.678. The number of aryl methyl sites for hydroxylation is 1. The second-order valence-electron chi connectivity index (χ2n) is 4.89. The van der Waals surface area contributed by atoms with Crippen molar-refractivity contribution >= 4 is 11.6 Å². The topological polar surface area (TPSA) is 12.0 Å². The molecule has 1 aliphatic rings. The Labute approximate surface area is 103 Å². The molecule has 1 saturated carbocycles. The molecule has 1 N–H and O–H groups in total. The third-order valence-electron chi connectivity index (χ3n) is 3.72. The number of hydrogen-bond donors (Lipinski definition) is 1. The minimum atomic E-state index is 0.678. The van der Waals surface area contributed by atoms with Gasteiger partial charge in [0.2, 0.25) is 0 Å². The van der Waals surface area contributed by atoms with E-state index in [0.29, 0.717) is 6.04 Å². The Morgan fingerprint density at radius 1 is 1.38 bits per heavy atom. The minimum Gasteiger partial charge on any atom is -0.317 e. The van der Waals surface area contributed by atoms with Crippen molar-refractivity contribution in [1.29, 1.82) is 0 Å². The maximum atomic E-state index is 6.28. The fourth-order valence-electron chi connectivity index (χ4n) is 2.76. The number of nitrogens with one attached hydrogen (secondary N) is 1. The molecule has 1 aromatic carbocycles. The Morgan fingerprint density at radius 3 is 2.88 bits per heavy atom. The van der Waals surface area contributed by atoms with Crippen LogP contribution in [0, 0.1) is 12.8 Å². The Kier molecular flexibility index (Phi) is 3.88. The summed E-state index contributed by atoms with van der Waals surface area (Å²) in [7, 11) is 2.07. The van der Waals surface area contributed by atoms with E-state index in [4.69, 9.17) is 11.6 Å². The van der Waals surface area contributed by atoms with Gasteiger partial charge in [-0.25, -0.2) is 0 Å². The summed E-state index contributed by atoms with van der Waals surface area (Å²) < 4.78 is 0. The molecule has 0 spiro atoms. The van der Waals surface area contributed by atoms with Gasteiger partial charge >= 0.3 is 0 Å². The van der Waals surface area contributed by atoms with Crippen molar-refractivity contribution in [3.63, 3.8) is 0 Å². The van der Waals surface area contributed by atoms with E-state index in [1.54, 1.807) is 0 Å². The normalized spacial score (nSPS) is 24.9. The molecule has 0 saturated heterocycles. The predicted octanol–water partition coefficient (Wildman–Crippen LogP) is 3.58. The van der Waals surface area contributed by atoms with E-state index < -0.39 is 0 Å². The summed E-state index contributed by atoms with van der Waals surface area (Å²) in [5.41, 5.74) is 2.55. The van der Waals surface area contributed by atoms with E-state index in [1.807, 2.05) is 0 Å². The molecule has 0 aliphatic heterocycles. The summed E-state index contributed by atoms with van der Waals surface area (Å²) in [6.45, 7) is 2.08. The number of halogens is 1. The van der Waals surface area contributed by atoms with Crippen LogP contribution >= 0.6 is 11.6 Å².